The number of thioether (sulfide) groups is 1. The van der Waals surface area contributed by atoms with Crippen molar-refractivity contribution < 1.29 is 4.79 Å². The maximum Gasteiger partial charge on any atom is 0.230 e. The molecule has 0 spiro atoms. The molecule has 0 heterocycles. The predicted molar refractivity (Wildman–Crippen MR) is 98.4 cm³/mol. The minimum absolute atomic E-state index is 0.171. The Hall–Kier alpha value is -0.960. The Labute approximate surface area is 140 Å². The van der Waals surface area contributed by atoms with Crippen LogP contribution in [0.4, 0.5) is 0 Å². The van der Waals surface area contributed by atoms with Gasteiger partial charge in [0.25, 0.3) is 0 Å². The minimum atomic E-state index is 0.171. The fraction of sp³-hybridized carbons (Fsp3) is 0.632. The lowest BCUT2D eigenvalue weighted by molar-refractivity contribution is -0.118. The van der Waals surface area contributed by atoms with Crippen molar-refractivity contribution in [2.75, 3.05) is 12.3 Å². The minimum Gasteiger partial charge on any atom is -0.355 e. The van der Waals surface area contributed by atoms with Crippen LogP contribution in [0.2, 0.25) is 0 Å². The fourth-order valence-corrected chi connectivity index (χ4v) is 3.46. The highest BCUT2D eigenvalue weighted by Gasteiger charge is 2.08. The van der Waals surface area contributed by atoms with Crippen molar-refractivity contribution >= 4 is 17.7 Å². The molecule has 0 aliphatic heterocycles. The van der Waals surface area contributed by atoms with Crippen molar-refractivity contribution in [1.82, 2.24) is 5.32 Å². The van der Waals surface area contributed by atoms with Crippen LogP contribution < -0.4 is 5.32 Å². The van der Waals surface area contributed by atoms with Gasteiger partial charge in [0.15, 0.2) is 0 Å². The average Bonchev–Trinajstić information content (AvgIpc) is 2.46. The zero-order valence-corrected chi connectivity index (χ0v) is 15.4. The summed E-state index contributed by atoms with van der Waals surface area (Å²) in [6.07, 6.45) is 4.87. The van der Waals surface area contributed by atoms with Crippen LogP contribution >= 0.6 is 11.8 Å². The maximum absolute atomic E-state index is 11.9. The molecular formula is C19H31NOS. The zero-order chi connectivity index (χ0) is 16.4. The van der Waals surface area contributed by atoms with Crippen LogP contribution in [0.25, 0.3) is 0 Å². The first kappa shape index (κ1) is 19.1. The lowest BCUT2D eigenvalue weighted by Gasteiger charge is -2.15. The first-order valence-corrected chi connectivity index (χ1v) is 9.62. The van der Waals surface area contributed by atoms with E-state index in [1.807, 2.05) is 0 Å². The molecule has 2 nitrogen and oxygen atoms in total. The summed E-state index contributed by atoms with van der Waals surface area (Å²) in [5, 5.41) is 3.09. The summed E-state index contributed by atoms with van der Waals surface area (Å²) < 4.78 is 0. The summed E-state index contributed by atoms with van der Waals surface area (Å²) in [6, 6.07) is 6.59. The lowest BCUT2D eigenvalue weighted by Crippen LogP contribution is -2.30. The summed E-state index contributed by atoms with van der Waals surface area (Å²) in [5.41, 5.74) is 3.90. The standard InChI is InChI=1S/C19H31NOS/c1-5-7-8-17(6-2)12-20-19(21)14-22-13-18-10-15(3)9-16(4)11-18/h9-11,17H,5-8,12-14H2,1-4H3,(H,20,21)/t17-/m0/s1. The second-order valence-corrected chi connectivity index (χ2v) is 7.19. The molecule has 0 fully saturated rings. The van der Waals surface area contributed by atoms with E-state index < -0.39 is 0 Å². The molecule has 0 bridgehead atoms. The summed E-state index contributed by atoms with van der Waals surface area (Å²) in [5.74, 6) is 2.26. The summed E-state index contributed by atoms with van der Waals surface area (Å²) in [4.78, 5) is 11.9. The van der Waals surface area contributed by atoms with Crippen molar-refractivity contribution in [3.63, 3.8) is 0 Å². The maximum atomic E-state index is 11.9. The molecule has 0 saturated carbocycles. The summed E-state index contributed by atoms with van der Waals surface area (Å²) in [7, 11) is 0. The second-order valence-electron chi connectivity index (χ2n) is 6.21. The average molecular weight is 322 g/mol. The van der Waals surface area contributed by atoms with Crippen LogP contribution in [0.15, 0.2) is 18.2 Å². The SMILES string of the molecule is CCCC[C@H](CC)CNC(=O)CSCc1cc(C)cc(C)c1. The Kier molecular flexibility index (Phi) is 9.30. The fourth-order valence-electron chi connectivity index (χ4n) is 2.67. The van der Waals surface area contributed by atoms with Gasteiger partial charge >= 0.3 is 0 Å². The molecule has 0 aliphatic rings. The Morgan fingerprint density at radius 2 is 1.86 bits per heavy atom. The van der Waals surface area contributed by atoms with E-state index >= 15 is 0 Å². The zero-order valence-electron chi connectivity index (χ0n) is 14.6. The molecule has 124 valence electrons. The third kappa shape index (κ3) is 7.88. The van der Waals surface area contributed by atoms with Crippen molar-refractivity contribution in [3.05, 3.63) is 34.9 Å². The molecule has 0 aromatic heterocycles. The number of nitrogens with one attached hydrogen (secondary N) is 1. The molecule has 0 unspecified atom stereocenters. The normalized spacial score (nSPS) is 12.2. The van der Waals surface area contributed by atoms with Gasteiger partial charge in [-0.05, 0) is 31.7 Å². The van der Waals surface area contributed by atoms with Gasteiger partial charge < -0.3 is 5.32 Å². The van der Waals surface area contributed by atoms with E-state index in [9.17, 15) is 4.79 Å². The van der Waals surface area contributed by atoms with Crippen molar-refractivity contribution in [2.45, 2.75) is 59.1 Å². The number of hydrogen-bond acceptors (Lipinski definition) is 2. The van der Waals surface area contributed by atoms with E-state index in [0.29, 0.717) is 11.7 Å². The van der Waals surface area contributed by atoms with Crippen molar-refractivity contribution in [3.8, 4) is 0 Å². The van der Waals surface area contributed by atoms with Crippen LogP contribution in [0.5, 0.6) is 0 Å². The van der Waals surface area contributed by atoms with Gasteiger partial charge in [0.2, 0.25) is 5.91 Å². The van der Waals surface area contributed by atoms with Gasteiger partial charge in [0, 0.05) is 12.3 Å². The van der Waals surface area contributed by atoms with Crippen molar-refractivity contribution in [2.24, 2.45) is 5.92 Å². The largest absolute Gasteiger partial charge is 0.355 e. The molecule has 1 atom stereocenters. The third-order valence-corrected chi connectivity index (χ3v) is 4.92. The van der Waals surface area contributed by atoms with Gasteiger partial charge in [-0.15, -0.1) is 11.8 Å². The first-order chi connectivity index (χ1) is 10.5. The highest BCUT2D eigenvalue weighted by atomic mass is 32.2. The number of amides is 1. The first-order valence-electron chi connectivity index (χ1n) is 8.46. The van der Waals surface area contributed by atoms with Crippen LogP contribution in [0.3, 0.4) is 0 Å². The molecule has 3 heteroatoms. The highest BCUT2D eigenvalue weighted by Crippen LogP contribution is 2.16. The molecule has 0 aliphatic carbocycles. The number of carbonyl (C=O) groups excluding carboxylic acids is 1. The number of rotatable bonds is 10. The number of unbranched alkanes of at least 4 members (excludes halogenated alkanes) is 1. The van der Waals surface area contributed by atoms with E-state index in [-0.39, 0.29) is 5.91 Å². The molecule has 1 amide bonds. The molecule has 22 heavy (non-hydrogen) atoms. The second kappa shape index (κ2) is 10.7. The van der Waals surface area contributed by atoms with Crippen LogP contribution in [-0.2, 0) is 10.5 Å². The van der Waals surface area contributed by atoms with E-state index in [1.54, 1.807) is 11.8 Å². The molecule has 1 rings (SSSR count). The molecule has 1 aromatic carbocycles. The van der Waals surface area contributed by atoms with E-state index in [1.165, 1.54) is 36.0 Å². The Balaban J connectivity index is 2.25. The number of hydrogen-bond donors (Lipinski definition) is 1. The predicted octanol–water partition coefficient (Wildman–Crippen LogP) is 4.87. The Morgan fingerprint density at radius 1 is 1.18 bits per heavy atom. The van der Waals surface area contributed by atoms with Gasteiger partial charge in [-0.2, -0.15) is 0 Å². The van der Waals surface area contributed by atoms with E-state index in [4.69, 9.17) is 0 Å². The Morgan fingerprint density at radius 3 is 2.45 bits per heavy atom. The summed E-state index contributed by atoms with van der Waals surface area (Å²) in [6.45, 7) is 9.50. The molecule has 1 aromatic rings. The molecule has 1 N–H and O–H groups in total. The lowest BCUT2D eigenvalue weighted by atomic mass is 9.99. The number of aryl methyl sites for hydroxylation is 2. The van der Waals surface area contributed by atoms with Gasteiger partial charge in [-0.1, -0.05) is 62.4 Å². The van der Waals surface area contributed by atoms with Crippen molar-refractivity contribution in [1.29, 1.82) is 0 Å². The van der Waals surface area contributed by atoms with Gasteiger partial charge in [0.1, 0.15) is 0 Å². The topological polar surface area (TPSA) is 29.1 Å². The van der Waals surface area contributed by atoms with Gasteiger partial charge in [-0.25, -0.2) is 0 Å². The van der Waals surface area contributed by atoms with Crippen LogP contribution in [0.1, 0.15) is 56.2 Å². The molecular weight excluding hydrogens is 290 g/mol. The number of carbonyl (C=O) groups is 1. The van der Waals surface area contributed by atoms with E-state index in [2.05, 4.69) is 51.2 Å². The quantitative estimate of drug-likeness (QED) is 0.666. The number of benzene rings is 1. The third-order valence-electron chi connectivity index (χ3n) is 3.91. The monoisotopic (exact) mass is 321 g/mol. The van der Waals surface area contributed by atoms with E-state index in [0.717, 1.165) is 18.7 Å². The Bertz CT molecular complexity index is 438. The van der Waals surface area contributed by atoms with Gasteiger partial charge in [-0.3, -0.25) is 4.79 Å². The smallest absolute Gasteiger partial charge is 0.230 e. The van der Waals surface area contributed by atoms with Crippen LogP contribution in [-0.4, -0.2) is 18.2 Å². The molecule has 0 radical (unpaired) electrons. The van der Waals surface area contributed by atoms with Crippen LogP contribution in [0, 0.1) is 19.8 Å². The highest BCUT2D eigenvalue weighted by molar-refractivity contribution is 7.99. The summed E-state index contributed by atoms with van der Waals surface area (Å²) >= 11 is 1.70. The van der Waals surface area contributed by atoms with Gasteiger partial charge in [0.05, 0.1) is 5.75 Å². The molecule has 0 saturated heterocycles.